The molecule has 0 aliphatic carbocycles. The fraction of sp³-hybridized carbons (Fsp3) is 0.172. The van der Waals surface area contributed by atoms with E-state index in [9.17, 15) is 14.1 Å². The Balaban J connectivity index is 1.70. The van der Waals surface area contributed by atoms with Crippen LogP contribution in [0.15, 0.2) is 90.2 Å². The van der Waals surface area contributed by atoms with Crippen LogP contribution in [0.4, 0.5) is 4.39 Å². The quantitative estimate of drug-likeness (QED) is 0.277. The molecule has 4 rings (SSSR count). The van der Waals surface area contributed by atoms with Gasteiger partial charge in [0.1, 0.15) is 11.9 Å². The van der Waals surface area contributed by atoms with Crippen molar-refractivity contribution >= 4 is 5.97 Å². The van der Waals surface area contributed by atoms with Crippen LogP contribution >= 0.6 is 0 Å². The van der Waals surface area contributed by atoms with E-state index in [1.54, 1.807) is 42.6 Å². The molecule has 35 heavy (non-hydrogen) atoms. The predicted octanol–water partition coefficient (Wildman–Crippen LogP) is 7.23. The third kappa shape index (κ3) is 5.49. The van der Waals surface area contributed by atoms with Crippen LogP contribution in [0.1, 0.15) is 56.7 Å². The maximum Gasteiger partial charge on any atom is 0.335 e. The lowest BCUT2D eigenvalue weighted by Gasteiger charge is -2.23. The van der Waals surface area contributed by atoms with E-state index in [2.05, 4.69) is 10.2 Å². The third-order valence-corrected chi connectivity index (χ3v) is 6.28. The van der Waals surface area contributed by atoms with E-state index in [1.807, 2.05) is 44.2 Å². The van der Waals surface area contributed by atoms with Gasteiger partial charge in [-0.1, -0.05) is 47.6 Å². The highest BCUT2D eigenvalue weighted by atomic mass is 19.1. The standard InChI is InChI=1S/C29H25FN2O3/c1-18-15-25(30)11-12-26(18)27(17-28(32-35)24-13-14-31-19(2)16-24)22-7-3-20(4-8-22)21-5-9-23(10-6-21)29(33)34/h3-16,27-28H,17H2,1-2H3,(H,33,34)/t27-,28?/m0/s1. The largest absolute Gasteiger partial charge is 0.478 e. The molecule has 1 heterocycles. The highest BCUT2D eigenvalue weighted by Crippen LogP contribution is 2.38. The number of carboxylic acids is 1. The second kappa shape index (κ2) is 10.4. The molecule has 0 radical (unpaired) electrons. The number of aryl methyl sites for hydroxylation is 2. The Kier molecular flexibility index (Phi) is 7.11. The van der Waals surface area contributed by atoms with Crippen molar-refractivity contribution in [2.24, 2.45) is 5.18 Å². The summed E-state index contributed by atoms with van der Waals surface area (Å²) in [6.45, 7) is 3.73. The minimum atomic E-state index is -0.966. The number of carboxylic acid groups (broad SMARTS) is 1. The second-order valence-electron chi connectivity index (χ2n) is 8.65. The molecular weight excluding hydrogens is 443 g/mol. The van der Waals surface area contributed by atoms with Crippen LogP contribution in [0.25, 0.3) is 11.1 Å². The van der Waals surface area contributed by atoms with Crippen molar-refractivity contribution in [1.29, 1.82) is 0 Å². The second-order valence-corrected chi connectivity index (χ2v) is 8.65. The van der Waals surface area contributed by atoms with Gasteiger partial charge in [-0.25, -0.2) is 9.18 Å². The van der Waals surface area contributed by atoms with Crippen LogP contribution in [-0.4, -0.2) is 16.1 Å². The van der Waals surface area contributed by atoms with Crippen molar-refractivity contribution in [2.75, 3.05) is 0 Å². The number of hydrogen-bond acceptors (Lipinski definition) is 4. The van der Waals surface area contributed by atoms with Crippen molar-refractivity contribution < 1.29 is 14.3 Å². The van der Waals surface area contributed by atoms with Gasteiger partial charge in [-0.15, -0.1) is 0 Å². The summed E-state index contributed by atoms with van der Waals surface area (Å²) >= 11 is 0. The monoisotopic (exact) mass is 468 g/mol. The molecule has 0 bridgehead atoms. The first kappa shape index (κ1) is 24.0. The number of aromatic carboxylic acids is 1. The maximum absolute atomic E-state index is 13.9. The first-order valence-corrected chi connectivity index (χ1v) is 11.3. The molecule has 6 heteroatoms. The van der Waals surface area contributed by atoms with Crippen molar-refractivity contribution in [3.8, 4) is 11.1 Å². The number of hydrogen-bond donors (Lipinski definition) is 1. The number of nitrogens with zero attached hydrogens (tertiary/aromatic N) is 2. The average molecular weight is 469 g/mol. The van der Waals surface area contributed by atoms with Gasteiger partial charge in [0.15, 0.2) is 0 Å². The van der Waals surface area contributed by atoms with E-state index in [0.717, 1.165) is 39.1 Å². The summed E-state index contributed by atoms with van der Waals surface area (Å²) in [6.07, 6.45) is 2.09. The lowest BCUT2D eigenvalue weighted by atomic mass is 9.82. The molecular formula is C29H25FN2O3. The molecule has 0 aliphatic rings. The lowest BCUT2D eigenvalue weighted by molar-refractivity contribution is 0.0697. The van der Waals surface area contributed by atoms with Crippen molar-refractivity contribution in [3.63, 3.8) is 0 Å². The van der Waals surface area contributed by atoms with E-state index in [4.69, 9.17) is 5.11 Å². The van der Waals surface area contributed by atoms with Crippen LogP contribution in [0, 0.1) is 24.6 Å². The number of carbonyl (C=O) groups is 1. The van der Waals surface area contributed by atoms with Gasteiger partial charge in [0, 0.05) is 17.8 Å². The Morgan fingerprint density at radius 2 is 1.57 bits per heavy atom. The minimum Gasteiger partial charge on any atom is -0.478 e. The fourth-order valence-electron chi connectivity index (χ4n) is 4.42. The number of pyridine rings is 1. The zero-order chi connectivity index (χ0) is 24.9. The zero-order valence-corrected chi connectivity index (χ0v) is 19.5. The summed E-state index contributed by atoms with van der Waals surface area (Å²) in [6, 6.07) is 22.4. The number of benzene rings is 3. The summed E-state index contributed by atoms with van der Waals surface area (Å²) in [4.78, 5) is 27.2. The van der Waals surface area contributed by atoms with Gasteiger partial charge in [-0.05, 0) is 90.0 Å². The van der Waals surface area contributed by atoms with Crippen LogP contribution in [0.2, 0.25) is 0 Å². The summed E-state index contributed by atoms with van der Waals surface area (Å²) in [5, 5.41) is 12.5. The van der Waals surface area contributed by atoms with E-state index in [1.165, 1.54) is 12.1 Å². The predicted molar refractivity (Wildman–Crippen MR) is 134 cm³/mol. The van der Waals surface area contributed by atoms with Crippen LogP contribution in [0.5, 0.6) is 0 Å². The van der Waals surface area contributed by atoms with Gasteiger partial charge in [-0.3, -0.25) is 4.98 Å². The molecule has 0 spiro atoms. The molecule has 0 saturated heterocycles. The molecule has 4 aromatic rings. The number of rotatable bonds is 8. The molecule has 2 atom stereocenters. The highest BCUT2D eigenvalue weighted by molar-refractivity contribution is 5.88. The van der Waals surface area contributed by atoms with Crippen LogP contribution < -0.4 is 0 Å². The number of nitroso groups, excluding NO2 is 1. The normalized spacial score (nSPS) is 12.7. The fourth-order valence-corrected chi connectivity index (χ4v) is 4.42. The molecule has 3 aromatic carbocycles. The van der Waals surface area contributed by atoms with Gasteiger partial charge >= 0.3 is 5.97 Å². The zero-order valence-electron chi connectivity index (χ0n) is 19.5. The number of aromatic nitrogens is 1. The Morgan fingerprint density at radius 1 is 0.914 bits per heavy atom. The minimum absolute atomic E-state index is 0.185. The molecule has 1 unspecified atom stereocenters. The smallest absolute Gasteiger partial charge is 0.335 e. The van der Waals surface area contributed by atoms with E-state index in [0.29, 0.717) is 6.42 Å². The van der Waals surface area contributed by atoms with Crippen LogP contribution in [-0.2, 0) is 0 Å². The van der Waals surface area contributed by atoms with Gasteiger partial charge in [-0.2, -0.15) is 4.91 Å². The lowest BCUT2D eigenvalue weighted by Crippen LogP contribution is -2.09. The molecule has 1 aromatic heterocycles. The highest BCUT2D eigenvalue weighted by Gasteiger charge is 2.24. The van der Waals surface area contributed by atoms with Crippen LogP contribution in [0.3, 0.4) is 0 Å². The van der Waals surface area contributed by atoms with E-state index in [-0.39, 0.29) is 17.3 Å². The SMILES string of the molecule is Cc1cc(C(C[C@@H](c2ccc(-c3ccc(C(=O)O)cc3)cc2)c2ccc(F)cc2C)N=O)ccn1. The Bertz CT molecular complexity index is 1350. The Labute approximate surface area is 203 Å². The molecule has 176 valence electrons. The van der Waals surface area contributed by atoms with Gasteiger partial charge < -0.3 is 5.11 Å². The third-order valence-electron chi connectivity index (χ3n) is 6.28. The summed E-state index contributed by atoms with van der Waals surface area (Å²) in [7, 11) is 0. The van der Waals surface area contributed by atoms with Crippen molar-refractivity contribution in [2.45, 2.75) is 32.2 Å². The molecule has 0 amide bonds. The Hall–Kier alpha value is -4.19. The van der Waals surface area contributed by atoms with Crippen molar-refractivity contribution in [1.82, 2.24) is 4.98 Å². The topological polar surface area (TPSA) is 79.6 Å². The number of halogens is 1. The molecule has 0 saturated carbocycles. The van der Waals surface area contributed by atoms with Gasteiger partial charge in [0.25, 0.3) is 0 Å². The van der Waals surface area contributed by atoms with Gasteiger partial charge in [0.05, 0.1) is 5.56 Å². The average Bonchev–Trinajstić information content (AvgIpc) is 2.86. The first-order valence-electron chi connectivity index (χ1n) is 11.3. The molecule has 5 nitrogen and oxygen atoms in total. The summed E-state index contributed by atoms with van der Waals surface area (Å²) in [5.74, 6) is -1.46. The van der Waals surface area contributed by atoms with Gasteiger partial charge in [0.2, 0.25) is 0 Å². The van der Waals surface area contributed by atoms with Crippen molar-refractivity contribution in [3.05, 3.63) is 129 Å². The first-order chi connectivity index (χ1) is 16.9. The maximum atomic E-state index is 13.9. The van der Waals surface area contributed by atoms with E-state index < -0.39 is 12.0 Å². The van der Waals surface area contributed by atoms with E-state index >= 15 is 0 Å². The summed E-state index contributed by atoms with van der Waals surface area (Å²) < 4.78 is 13.9. The Morgan fingerprint density at radius 3 is 2.14 bits per heavy atom. The molecule has 1 N–H and O–H groups in total. The molecule has 0 aliphatic heterocycles. The molecule has 0 fully saturated rings. The summed E-state index contributed by atoms with van der Waals surface area (Å²) in [5.41, 5.74) is 6.39.